The Labute approximate surface area is 132 Å². The summed E-state index contributed by atoms with van der Waals surface area (Å²) in [4.78, 5) is 36.4. The van der Waals surface area contributed by atoms with Crippen LogP contribution in [0.3, 0.4) is 0 Å². The monoisotopic (exact) mass is 309 g/mol. The van der Waals surface area contributed by atoms with Gasteiger partial charge in [0.25, 0.3) is 0 Å². The molecule has 1 heterocycles. The zero-order valence-electron chi connectivity index (χ0n) is 13.2. The van der Waals surface area contributed by atoms with Crippen LogP contribution in [0.4, 0.5) is 0 Å². The molecule has 0 aliphatic carbocycles. The van der Waals surface area contributed by atoms with Gasteiger partial charge in [0, 0.05) is 19.4 Å². The first-order valence-corrected chi connectivity index (χ1v) is 8.45. The maximum Gasteiger partial charge on any atom is 0.242 e. The Morgan fingerprint density at radius 2 is 2.05 bits per heavy atom. The number of unbranched alkanes of at least 4 members (excludes halogenated alkanes) is 2. The average Bonchev–Trinajstić information content (AvgIpc) is 2.64. The minimum atomic E-state index is -0.474. The number of Topliss-reactive ketones (excluding diaryl/α,β-unsaturated/α-hetero) is 1. The van der Waals surface area contributed by atoms with Crippen LogP contribution in [0.25, 0.3) is 0 Å². The molecule has 0 saturated carbocycles. The molecule has 0 aromatic rings. The van der Waals surface area contributed by atoms with Crippen molar-refractivity contribution in [2.24, 2.45) is 0 Å². The fourth-order valence-corrected chi connectivity index (χ4v) is 3.48. The van der Waals surface area contributed by atoms with Crippen molar-refractivity contribution in [3.8, 4) is 0 Å². The smallest absolute Gasteiger partial charge is 0.242 e. The van der Waals surface area contributed by atoms with Gasteiger partial charge in [-0.1, -0.05) is 20.3 Å². The van der Waals surface area contributed by atoms with Crippen molar-refractivity contribution in [3.63, 3.8) is 0 Å². The number of thioether (sulfide) groups is 1. The molecule has 2 atom stereocenters. The highest BCUT2D eigenvalue weighted by atomic mass is 32.2. The van der Waals surface area contributed by atoms with Gasteiger partial charge in [0.1, 0.15) is 5.78 Å². The van der Waals surface area contributed by atoms with Crippen LogP contribution >= 0.6 is 11.8 Å². The third-order valence-electron chi connectivity index (χ3n) is 3.73. The first-order valence-electron chi connectivity index (χ1n) is 7.57. The highest BCUT2D eigenvalue weighted by Crippen LogP contribution is 2.35. The third-order valence-corrected chi connectivity index (χ3v) is 5.21. The van der Waals surface area contributed by atoms with Crippen LogP contribution in [0.5, 0.6) is 0 Å². The molecular formula is C15H24BNO3S. The topological polar surface area (TPSA) is 54.5 Å². The second kappa shape index (κ2) is 8.02. The molecule has 1 aliphatic rings. The number of hydrogen-bond acceptors (Lipinski definition) is 4. The molecule has 0 bridgehead atoms. The number of amides is 2. The number of rotatable bonds is 9. The first-order chi connectivity index (χ1) is 9.76. The fraction of sp³-hybridized carbons (Fsp3) is 0.800. The molecular weight excluding hydrogens is 285 g/mol. The van der Waals surface area contributed by atoms with Crippen molar-refractivity contribution in [3.05, 3.63) is 0 Å². The van der Waals surface area contributed by atoms with Crippen LogP contribution < -0.4 is 0 Å². The van der Waals surface area contributed by atoms with E-state index in [1.807, 2.05) is 13.8 Å². The Morgan fingerprint density at radius 3 is 2.62 bits per heavy atom. The van der Waals surface area contributed by atoms with E-state index in [4.69, 9.17) is 7.85 Å². The van der Waals surface area contributed by atoms with E-state index in [1.54, 1.807) is 6.92 Å². The van der Waals surface area contributed by atoms with Crippen LogP contribution in [0, 0.1) is 0 Å². The summed E-state index contributed by atoms with van der Waals surface area (Å²) in [5.41, 5.74) is 0. The van der Waals surface area contributed by atoms with Crippen LogP contribution in [-0.2, 0) is 14.4 Å². The zero-order valence-corrected chi connectivity index (χ0v) is 14.0. The van der Waals surface area contributed by atoms with Gasteiger partial charge in [-0.2, -0.15) is 11.8 Å². The predicted molar refractivity (Wildman–Crippen MR) is 86.3 cm³/mol. The lowest BCUT2D eigenvalue weighted by atomic mass is 9.86. The fourth-order valence-electron chi connectivity index (χ4n) is 2.21. The lowest BCUT2D eigenvalue weighted by molar-refractivity contribution is -0.138. The van der Waals surface area contributed by atoms with Crippen LogP contribution in [0.15, 0.2) is 0 Å². The van der Waals surface area contributed by atoms with Crippen molar-refractivity contribution in [1.82, 2.24) is 4.90 Å². The van der Waals surface area contributed by atoms with Crippen molar-refractivity contribution in [2.45, 2.75) is 69.2 Å². The van der Waals surface area contributed by atoms with E-state index in [0.717, 1.165) is 25.7 Å². The number of carbonyl (C=O) groups is 3. The normalized spacial score (nSPS) is 21.7. The van der Waals surface area contributed by atoms with Crippen molar-refractivity contribution >= 4 is 37.2 Å². The number of carbonyl (C=O) groups excluding carboxylic acids is 3. The Balaban J connectivity index is 2.41. The summed E-state index contributed by atoms with van der Waals surface area (Å²) < 4.78 is -0.474. The Bertz CT molecular complexity index is 412. The Morgan fingerprint density at radius 1 is 1.38 bits per heavy atom. The number of nitrogens with zero attached hydrogens (tertiary/aromatic N) is 1. The van der Waals surface area contributed by atoms with Gasteiger partial charge < -0.3 is 4.79 Å². The summed E-state index contributed by atoms with van der Waals surface area (Å²) in [5.74, 6) is -0.0285. The van der Waals surface area contributed by atoms with Crippen molar-refractivity contribution < 1.29 is 14.4 Å². The molecule has 1 aliphatic heterocycles. The summed E-state index contributed by atoms with van der Waals surface area (Å²) in [6, 6.07) is 0. The van der Waals surface area contributed by atoms with Gasteiger partial charge in [-0.3, -0.25) is 14.5 Å². The lowest BCUT2D eigenvalue weighted by Gasteiger charge is -2.25. The van der Waals surface area contributed by atoms with E-state index in [2.05, 4.69) is 0 Å². The van der Waals surface area contributed by atoms with Gasteiger partial charge in [-0.25, -0.2) is 0 Å². The van der Waals surface area contributed by atoms with Gasteiger partial charge in [0.15, 0.2) is 0 Å². The average molecular weight is 309 g/mol. The molecule has 6 heteroatoms. The Kier molecular flexibility index (Phi) is 6.98. The van der Waals surface area contributed by atoms with E-state index in [0.29, 0.717) is 13.0 Å². The van der Waals surface area contributed by atoms with Crippen LogP contribution in [-0.4, -0.2) is 46.8 Å². The zero-order chi connectivity index (χ0) is 16.0. The van der Waals surface area contributed by atoms with E-state index in [1.165, 1.54) is 16.7 Å². The maximum absolute atomic E-state index is 12.3. The van der Waals surface area contributed by atoms with Crippen LogP contribution in [0.1, 0.15) is 59.3 Å². The number of ketones is 1. The molecule has 0 aromatic heterocycles. The molecule has 2 unspecified atom stereocenters. The highest BCUT2D eigenvalue weighted by molar-refractivity contribution is 8.03. The predicted octanol–water partition coefficient (Wildman–Crippen LogP) is 2.29. The van der Waals surface area contributed by atoms with E-state index in [9.17, 15) is 14.4 Å². The quantitative estimate of drug-likeness (QED) is 0.372. The number of imide groups is 1. The number of likely N-dealkylation sites (tertiary alicyclic amines) is 1. The summed E-state index contributed by atoms with van der Waals surface area (Å²) in [6.45, 7) is 5.90. The molecule has 2 radical (unpaired) electrons. The van der Waals surface area contributed by atoms with Crippen molar-refractivity contribution in [1.29, 1.82) is 0 Å². The molecule has 1 fully saturated rings. The van der Waals surface area contributed by atoms with E-state index < -0.39 is 4.65 Å². The van der Waals surface area contributed by atoms with Gasteiger partial charge in [-0.15, -0.1) is 0 Å². The minimum absolute atomic E-state index is 0.101. The molecule has 0 spiro atoms. The van der Waals surface area contributed by atoms with Crippen LogP contribution in [0.2, 0.25) is 0 Å². The van der Waals surface area contributed by atoms with Gasteiger partial charge in [0.2, 0.25) is 11.8 Å². The molecule has 0 aromatic carbocycles. The molecule has 1 rings (SSSR count). The van der Waals surface area contributed by atoms with E-state index in [-0.39, 0.29) is 29.3 Å². The SMILES string of the molecule is [B]C(C)(CC)SC1CC(=O)N(CCCCCC(C)=O)C1=O. The molecule has 116 valence electrons. The summed E-state index contributed by atoms with van der Waals surface area (Å²) in [7, 11) is 6.07. The second-order valence-electron chi connectivity index (χ2n) is 5.87. The maximum atomic E-state index is 12.3. The van der Waals surface area contributed by atoms with Gasteiger partial charge in [-0.05, 0) is 30.8 Å². The Hall–Kier alpha value is -0.775. The largest absolute Gasteiger partial charge is 0.300 e. The standard InChI is InChI=1S/C15H24BNO3S/c1-4-15(3,16)21-12-10-13(19)17(14(12)20)9-7-5-6-8-11(2)18/h12H,4-10H2,1-3H3. The lowest BCUT2D eigenvalue weighted by Crippen LogP contribution is -2.34. The minimum Gasteiger partial charge on any atom is -0.300 e. The van der Waals surface area contributed by atoms with E-state index >= 15 is 0 Å². The van der Waals surface area contributed by atoms with Gasteiger partial charge >= 0.3 is 0 Å². The molecule has 4 nitrogen and oxygen atoms in total. The highest BCUT2D eigenvalue weighted by Gasteiger charge is 2.40. The molecule has 21 heavy (non-hydrogen) atoms. The third kappa shape index (κ3) is 5.85. The summed E-state index contributed by atoms with van der Waals surface area (Å²) >= 11 is 1.39. The first kappa shape index (κ1) is 18.3. The summed E-state index contributed by atoms with van der Waals surface area (Å²) in [5, 5.41) is -0.343. The molecule has 2 amide bonds. The number of hydrogen-bond donors (Lipinski definition) is 0. The summed E-state index contributed by atoms with van der Waals surface area (Å²) in [6.07, 6.45) is 4.01. The van der Waals surface area contributed by atoms with Gasteiger partial charge in [0.05, 0.1) is 13.1 Å². The molecule has 0 N–H and O–H groups in total. The molecule has 1 saturated heterocycles. The second-order valence-corrected chi connectivity index (χ2v) is 7.61. The van der Waals surface area contributed by atoms with Crippen molar-refractivity contribution in [2.75, 3.05) is 6.54 Å².